The van der Waals surface area contributed by atoms with Gasteiger partial charge in [-0.3, -0.25) is 14.7 Å². The maximum Gasteiger partial charge on any atom is 0.289 e. The van der Waals surface area contributed by atoms with Gasteiger partial charge in [-0.05, 0) is 37.3 Å². The summed E-state index contributed by atoms with van der Waals surface area (Å²) in [4.78, 5) is 21.6. The van der Waals surface area contributed by atoms with Crippen LogP contribution in [-0.2, 0) is 6.42 Å². The van der Waals surface area contributed by atoms with Gasteiger partial charge in [-0.15, -0.1) is 0 Å². The number of nitrogens with zero attached hydrogens (tertiary/aromatic N) is 3. The highest BCUT2D eigenvalue weighted by Gasteiger charge is 2.26. The van der Waals surface area contributed by atoms with Crippen molar-refractivity contribution in [2.75, 3.05) is 32.7 Å². The maximum atomic E-state index is 13.0. The molecule has 1 aliphatic rings. The number of pyridine rings is 1. The number of fused-ring (bicyclic) bond motifs is 1. The molecule has 4 rings (SSSR count). The Kier molecular flexibility index (Phi) is 5.27. The fourth-order valence-electron chi connectivity index (χ4n) is 3.54. The summed E-state index contributed by atoms with van der Waals surface area (Å²) in [6.07, 6.45) is 2.77. The van der Waals surface area contributed by atoms with Crippen molar-refractivity contribution < 1.29 is 9.21 Å². The number of aryl methyl sites for hydroxylation is 1. The van der Waals surface area contributed by atoms with Crippen molar-refractivity contribution >= 4 is 32.8 Å². The summed E-state index contributed by atoms with van der Waals surface area (Å²) in [5.74, 6) is 0.453. The smallest absolute Gasteiger partial charge is 0.289 e. The second kappa shape index (κ2) is 7.82. The lowest BCUT2D eigenvalue weighted by atomic mass is 10.1. The predicted octanol–water partition coefficient (Wildman–Crippen LogP) is 3.90. The van der Waals surface area contributed by atoms with E-state index < -0.39 is 0 Å². The number of piperazine rings is 1. The first-order chi connectivity index (χ1) is 13.1. The van der Waals surface area contributed by atoms with Crippen molar-refractivity contribution in [2.45, 2.75) is 13.3 Å². The first kappa shape index (κ1) is 18.2. The molecule has 2 aromatic heterocycles. The molecule has 6 heteroatoms. The molecule has 1 aromatic carbocycles. The van der Waals surface area contributed by atoms with Crippen molar-refractivity contribution in [2.24, 2.45) is 0 Å². The molecule has 0 saturated carbocycles. The molecule has 0 N–H and O–H groups in total. The molecule has 0 radical (unpaired) electrons. The summed E-state index contributed by atoms with van der Waals surface area (Å²) in [6, 6.07) is 11.9. The zero-order valence-corrected chi connectivity index (χ0v) is 16.9. The number of carbonyl (C=O) groups excluding carboxylic acids is 1. The standard InChI is InChI=1S/C21H22BrN3O2/c1-15-18-6-5-16(22)14-19(18)27-20(15)21(26)25-12-10-24(11-13-25)9-7-17-4-2-3-8-23-17/h2-6,8,14H,7,9-13H2,1H3. The minimum absolute atomic E-state index is 0.0100. The Morgan fingerprint density at radius 1 is 1.19 bits per heavy atom. The average Bonchev–Trinajstić information content (AvgIpc) is 3.02. The van der Waals surface area contributed by atoms with Gasteiger partial charge in [0.05, 0.1) is 0 Å². The highest BCUT2D eigenvalue weighted by molar-refractivity contribution is 9.10. The topological polar surface area (TPSA) is 49.6 Å². The Hall–Kier alpha value is -2.18. The quantitative estimate of drug-likeness (QED) is 0.633. The van der Waals surface area contributed by atoms with E-state index in [0.717, 1.165) is 65.8 Å². The Morgan fingerprint density at radius 3 is 2.74 bits per heavy atom. The number of hydrogen-bond donors (Lipinski definition) is 0. The zero-order chi connectivity index (χ0) is 18.8. The number of furan rings is 1. The van der Waals surface area contributed by atoms with E-state index in [4.69, 9.17) is 4.42 Å². The number of hydrogen-bond acceptors (Lipinski definition) is 4. The fraction of sp³-hybridized carbons (Fsp3) is 0.333. The Morgan fingerprint density at radius 2 is 2.00 bits per heavy atom. The highest BCUT2D eigenvalue weighted by Crippen LogP contribution is 2.28. The number of aromatic nitrogens is 1. The number of benzene rings is 1. The molecule has 5 nitrogen and oxygen atoms in total. The van der Waals surface area contributed by atoms with Gasteiger partial charge in [0.25, 0.3) is 5.91 Å². The van der Waals surface area contributed by atoms with E-state index in [1.807, 2.05) is 48.4 Å². The van der Waals surface area contributed by atoms with Crippen LogP contribution in [0.5, 0.6) is 0 Å². The van der Waals surface area contributed by atoms with Crippen LogP contribution < -0.4 is 0 Å². The van der Waals surface area contributed by atoms with Gasteiger partial charge in [0.2, 0.25) is 0 Å². The molecule has 140 valence electrons. The van der Waals surface area contributed by atoms with E-state index >= 15 is 0 Å². The lowest BCUT2D eigenvalue weighted by Gasteiger charge is -2.34. The molecule has 0 bridgehead atoms. The van der Waals surface area contributed by atoms with Crippen LogP contribution in [0.15, 0.2) is 51.5 Å². The second-order valence-corrected chi connectivity index (χ2v) is 7.82. The molecule has 27 heavy (non-hydrogen) atoms. The molecule has 3 heterocycles. The lowest BCUT2D eigenvalue weighted by molar-refractivity contribution is 0.0608. The largest absolute Gasteiger partial charge is 0.451 e. The van der Waals surface area contributed by atoms with Crippen molar-refractivity contribution in [1.29, 1.82) is 0 Å². The maximum absolute atomic E-state index is 13.0. The van der Waals surface area contributed by atoms with Crippen molar-refractivity contribution in [3.63, 3.8) is 0 Å². The molecule has 0 aliphatic carbocycles. The normalized spacial score (nSPS) is 15.4. The third-order valence-corrected chi connectivity index (χ3v) is 5.66. The van der Waals surface area contributed by atoms with Gasteiger partial charge in [0, 0.05) is 66.5 Å². The SMILES string of the molecule is Cc1c(C(=O)N2CCN(CCc3ccccn3)CC2)oc2cc(Br)ccc12. The van der Waals surface area contributed by atoms with Crippen LogP contribution in [0.1, 0.15) is 21.8 Å². The number of carbonyl (C=O) groups is 1. The van der Waals surface area contributed by atoms with Gasteiger partial charge in [0.15, 0.2) is 5.76 Å². The monoisotopic (exact) mass is 427 g/mol. The second-order valence-electron chi connectivity index (χ2n) is 6.90. The molecular formula is C21H22BrN3O2. The molecule has 0 spiro atoms. The Balaban J connectivity index is 1.38. The molecule has 1 fully saturated rings. The zero-order valence-electron chi connectivity index (χ0n) is 15.3. The summed E-state index contributed by atoms with van der Waals surface area (Å²) < 4.78 is 6.83. The Bertz CT molecular complexity index is 947. The Labute approximate surface area is 167 Å². The third-order valence-electron chi connectivity index (χ3n) is 5.16. The van der Waals surface area contributed by atoms with Crippen molar-refractivity contribution in [3.05, 3.63) is 64.1 Å². The summed E-state index contributed by atoms with van der Waals surface area (Å²) in [5.41, 5.74) is 2.78. The van der Waals surface area contributed by atoms with Gasteiger partial charge >= 0.3 is 0 Å². The summed E-state index contributed by atoms with van der Waals surface area (Å²) in [6.45, 7) is 6.13. The molecular weight excluding hydrogens is 406 g/mol. The molecule has 0 unspecified atom stereocenters. The van der Waals surface area contributed by atoms with E-state index in [1.165, 1.54) is 0 Å². The van der Waals surface area contributed by atoms with Crippen molar-refractivity contribution in [1.82, 2.24) is 14.8 Å². The molecule has 3 aromatic rings. The molecule has 1 saturated heterocycles. The van der Waals surface area contributed by atoms with E-state index in [1.54, 1.807) is 0 Å². The third kappa shape index (κ3) is 3.92. The van der Waals surface area contributed by atoms with Crippen LogP contribution in [0, 0.1) is 6.92 Å². The highest BCUT2D eigenvalue weighted by atomic mass is 79.9. The number of amides is 1. The van der Waals surface area contributed by atoms with Crippen molar-refractivity contribution in [3.8, 4) is 0 Å². The van der Waals surface area contributed by atoms with Gasteiger partial charge in [0.1, 0.15) is 5.58 Å². The van der Waals surface area contributed by atoms with E-state index in [0.29, 0.717) is 5.76 Å². The first-order valence-corrected chi connectivity index (χ1v) is 10.0. The van der Waals surface area contributed by atoms with E-state index in [9.17, 15) is 4.79 Å². The number of rotatable bonds is 4. The lowest BCUT2D eigenvalue weighted by Crippen LogP contribution is -2.49. The van der Waals surface area contributed by atoms with Gasteiger partial charge in [-0.25, -0.2) is 0 Å². The molecule has 1 aliphatic heterocycles. The van der Waals surface area contributed by atoms with Crippen LogP contribution in [0.25, 0.3) is 11.0 Å². The van der Waals surface area contributed by atoms with Gasteiger partial charge < -0.3 is 9.32 Å². The van der Waals surface area contributed by atoms with Crippen LogP contribution in [0.2, 0.25) is 0 Å². The predicted molar refractivity (Wildman–Crippen MR) is 109 cm³/mol. The van der Waals surface area contributed by atoms with Crippen LogP contribution in [0.3, 0.4) is 0 Å². The van der Waals surface area contributed by atoms with Gasteiger partial charge in [-0.2, -0.15) is 0 Å². The summed E-state index contributed by atoms with van der Waals surface area (Å²) in [5, 5.41) is 0.996. The van der Waals surface area contributed by atoms with Crippen LogP contribution >= 0.6 is 15.9 Å². The van der Waals surface area contributed by atoms with Crippen LogP contribution in [0.4, 0.5) is 0 Å². The summed E-state index contributed by atoms with van der Waals surface area (Å²) in [7, 11) is 0. The van der Waals surface area contributed by atoms with Crippen LogP contribution in [-0.4, -0.2) is 53.4 Å². The van der Waals surface area contributed by atoms with Gasteiger partial charge in [-0.1, -0.05) is 22.0 Å². The van der Waals surface area contributed by atoms with E-state index in [2.05, 4.69) is 31.9 Å². The number of halogens is 1. The van der Waals surface area contributed by atoms with E-state index in [-0.39, 0.29) is 5.91 Å². The minimum atomic E-state index is -0.0100. The first-order valence-electron chi connectivity index (χ1n) is 9.22. The molecule has 0 atom stereocenters. The molecule has 1 amide bonds. The fourth-order valence-corrected chi connectivity index (χ4v) is 3.88. The average molecular weight is 428 g/mol. The minimum Gasteiger partial charge on any atom is -0.451 e. The summed E-state index contributed by atoms with van der Waals surface area (Å²) >= 11 is 3.45.